The van der Waals surface area contributed by atoms with Crippen molar-refractivity contribution in [1.82, 2.24) is 10.2 Å². The third-order valence-corrected chi connectivity index (χ3v) is 2.16. The van der Waals surface area contributed by atoms with Crippen molar-refractivity contribution >= 4 is 6.03 Å². The predicted molar refractivity (Wildman–Crippen MR) is 42.2 cm³/mol. The number of carbonyl (C=O) groups is 1. The third kappa shape index (κ3) is 0.843. The van der Waals surface area contributed by atoms with Gasteiger partial charge < -0.3 is 10.2 Å². The van der Waals surface area contributed by atoms with Crippen LogP contribution in [0.2, 0.25) is 0 Å². The molecule has 3 heteroatoms. The Hall–Kier alpha value is -1.25. The number of fused-ring (bicyclic) bond motifs is 1. The molecule has 1 heterocycles. The van der Waals surface area contributed by atoms with Crippen LogP contribution in [0.1, 0.15) is 0 Å². The van der Waals surface area contributed by atoms with Crippen LogP contribution in [0, 0.1) is 0 Å². The molecule has 2 atom stereocenters. The second kappa shape index (κ2) is 2.12. The highest BCUT2D eigenvalue weighted by Gasteiger charge is 2.33. The van der Waals surface area contributed by atoms with Crippen LogP contribution in [0.4, 0.5) is 4.79 Å². The number of allylic oxidation sites excluding steroid dienone is 2. The third-order valence-electron chi connectivity index (χ3n) is 2.16. The smallest absolute Gasteiger partial charge is 0.318 e. The fourth-order valence-electron chi connectivity index (χ4n) is 1.48. The maximum absolute atomic E-state index is 11.1. The van der Waals surface area contributed by atoms with E-state index in [9.17, 15) is 4.79 Å². The monoisotopic (exact) mass is 150 g/mol. The summed E-state index contributed by atoms with van der Waals surface area (Å²) in [6.07, 6.45) is 7.97. The van der Waals surface area contributed by atoms with Gasteiger partial charge in [0, 0.05) is 7.05 Å². The lowest BCUT2D eigenvalue weighted by molar-refractivity contribution is 0.221. The molecule has 1 N–H and O–H groups in total. The summed E-state index contributed by atoms with van der Waals surface area (Å²) < 4.78 is 0. The molecule has 1 saturated heterocycles. The van der Waals surface area contributed by atoms with Gasteiger partial charge in [-0.25, -0.2) is 4.79 Å². The maximum atomic E-state index is 11.1. The van der Waals surface area contributed by atoms with Gasteiger partial charge in [-0.2, -0.15) is 0 Å². The first-order chi connectivity index (χ1) is 5.29. The van der Waals surface area contributed by atoms with E-state index < -0.39 is 0 Å². The van der Waals surface area contributed by atoms with Gasteiger partial charge in [0.15, 0.2) is 0 Å². The number of urea groups is 1. The minimum absolute atomic E-state index is 0.0104. The Morgan fingerprint density at radius 3 is 2.91 bits per heavy atom. The summed E-state index contributed by atoms with van der Waals surface area (Å²) in [6.45, 7) is 0. The molecule has 3 nitrogen and oxygen atoms in total. The molecular weight excluding hydrogens is 140 g/mol. The van der Waals surface area contributed by atoms with Crippen molar-refractivity contribution in [1.29, 1.82) is 0 Å². The number of hydrogen-bond donors (Lipinski definition) is 1. The first kappa shape index (κ1) is 6.46. The summed E-state index contributed by atoms with van der Waals surface area (Å²) in [5.41, 5.74) is 0. The van der Waals surface area contributed by atoms with Crippen LogP contribution in [-0.4, -0.2) is 30.1 Å². The fourth-order valence-corrected chi connectivity index (χ4v) is 1.48. The predicted octanol–water partition coefficient (Wildman–Crippen LogP) is 0.505. The van der Waals surface area contributed by atoms with Gasteiger partial charge in [0.25, 0.3) is 0 Å². The number of nitrogens with one attached hydrogen (secondary N) is 1. The molecule has 0 aromatic rings. The average molecular weight is 150 g/mol. The molecule has 1 fully saturated rings. The highest BCUT2D eigenvalue weighted by atomic mass is 16.2. The zero-order valence-electron chi connectivity index (χ0n) is 6.32. The van der Waals surface area contributed by atoms with Gasteiger partial charge in [-0.15, -0.1) is 0 Å². The fraction of sp³-hybridized carbons (Fsp3) is 0.375. The lowest BCUT2D eigenvalue weighted by atomic mass is 10.0. The summed E-state index contributed by atoms with van der Waals surface area (Å²) in [4.78, 5) is 12.8. The van der Waals surface area contributed by atoms with E-state index in [0.29, 0.717) is 0 Å². The number of nitrogens with zero attached hydrogens (tertiary/aromatic N) is 1. The molecule has 1 aliphatic heterocycles. The van der Waals surface area contributed by atoms with Gasteiger partial charge in [0.1, 0.15) is 0 Å². The molecule has 0 aromatic carbocycles. The summed E-state index contributed by atoms with van der Waals surface area (Å²) in [6, 6.07) is 0.404. The van der Waals surface area contributed by atoms with E-state index >= 15 is 0 Å². The molecule has 2 rings (SSSR count). The Bertz CT molecular complexity index is 244. The van der Waals surface area contributed by atoms with Crippen molar-refractivity contribution in [3.05, 3.63) is 24.3 Å². The zero-order valence-corrected chi connectivity index (χ0v) is 6.32. The van der Waals surface area contributed by atoms with Gasteiger partial charge in [-0.05, 0) is 0 Å². The largest absolute Gasteiger partial charge is 0.329 e. The molecule has 0 bridgehead atoms. The van der Waals surface area contributed by atoms with Crippen LogP contribution in [0.25, 0.3) is 0 Å². The van der Waals surface area contributed by atoms with Gasteiger partial charge in [-0.1, -0.05) is 24.3 Å². The lowest BCUT2D eigenvalue weighted by Crippen LogP contribution is -2.32. The molecule has 0 aromatic heterocycles. The van der Waals surface area contributed by atoms with Crippen molar-refractivity contribution in [3.8, 4) is 0 Å². The number of rotatable bonds is 0. The van der Waals surface area contributed by atoms with Crippen molar-refractivity contribution < 1.29 is 4.79 Å². The van der Waals surface area contributed by atoms with E-state index in [1.165, 1.54) is 0 Å². The van der Waals surface area contributed by atoms with Crippen LogP contribution in [0.15, 0.2) is 24.3 Å². The van der Waals surface area contributed by atoms with Gasteiger partial charge in [0.2, 0.25) is 0 Å². The van der Waals surface area contributed by atoms with Gasteiger partial charge >= 0.3 is 6.03 Å². The van der Waals surface area contributed by atoms with Crippen LogP contribution in [0.5, 0.6) is 0 Å². The highest BCUT2D eigenvalue weighted by molar-refractivity contribution is 5.78. The van der Waals surface area contributed by atoms with E-state index in [2.05, 4.69) is 5.32 Å². The molecule has 1 aliphatic carbocycles. The van der Waals surface area contributed by atoms with Gasteiger partial charge in [0.05, 0.1) is 12.1 Å². The van der Waals surface area contributed by atoms with Crippen molar-refractivity contribution in [2.24, 2.45) is 0 Å². The quantitative estimate of drug-likeness (QED) is 0.536. The number of amides is 2. The van der Waals surface area contributed by atoms with Crippen molar-refractivity contribution in [2.75, 3.05) is 7.05 Å². The Kier molecular flexibility index (Phi) is 1.24. The van der Waals surface area contributed by atoms with Crippen LogP contribution in [0.3, 0.4) is 0 Å². The van der Waals surface area contributed by atoms with Gasteiger partial charge in [-0.3, -0.25) is 0 Å². The molecule has 58 valence electrons. The topological polar surface area (TPSA) is 32.3 Å². The van der Waals surface area contributed by atoms with E-state index in [1.807, 2.05) is 31.4 Å². The molecule has 2 amide bonds. The molecule has 0 radical (unpaired) electrons. The lowest BCUT2D eigenvalue weighted by Gasteiger charge is -2.18. The molecule has 2 aliphatic rings. The van der Waals surface area contributed by atoms with E-state index in [1.54, 1.807) is 4.90 Å². The van der Waals surface area contributed by atoms with Crippen molar-refractivity contribution in [2.45, 2.75) is 12.1 Å². The molecule has 2 unspecified atom stereocenters. The van der Waals surface area contributed by atoms with E-state index in [-0.39, 0.29) is 18.1 Å². The number of carbonyl (C=O) groups excluding carboxylic acids is 1. The second-order valence-corrected chi connectivity index (χ2v) is 2.85. The number of likely N-dealkylation sites (N-methyl/N-ethyl adjacent to an activating group) is 1. The minimum atomic E-state index is 0.0104. The number of hydrogen-bond acceptors (Lipinski definition) is 1. The first-order valence-electron chi connectivity index (χ1n) is 3.67. The minimum Gasteiger partial charge on any atom is -0.329 e. The molecule has 0 spiro atoms. The molecule has 11 heavy (non-hydrogen) atoms. The average Bonchev–Trinajstić information content (AvgIpc) is 2.30. The summed E-state index contributed by atoms with van der Waals surface area (Å²) in [5.74, 6) is 0. The molecular formula is C8H10N2O. The van der Waals surface area contributed by atoms with Crippen LogP contribution >= 0.6 is 0 Å². The van der Waals surface area contributed by atoms with Crippen LogP contribution in [-0.2, 0) is 0 Å². The summed E-state index contributed by atoms with van der Waals surface area (Å²) in [7, 11) is 1.81. The summed E-state index contributed by atoms with van der Waals surface area (Å²) >= 11 is 0. The zero-order chi connectivity index (χ0) is 7.84. The van der Waals surface area contributed by atoms with Crippen LogP contribution < -0.4 is 5.32 Å². The maximum Gasteiger partial charge on any atom is 0.318 e. The Balaban J connectivity index is 2.27. The van der Waals surface area contributed by atoms with Crippen molar-refractivity contribution in [3.63, 3.8) is 0 Å². The Labute approximate surface area is 65.4 Å². The summed E-state index contributed by atoms with van der Waals surface area (Å²) in [5, 5.41) is 2.85. The van der Waals surface area contributed by atoms with E-state index in [0.717, 1.165) is 0 Å². The molecule has 0 saturated carbocycles. The standard InChI is InChI=1S/C8H10N2O/c1-10-7-5-3-2-4-6(7)9-8(10)11/h2-7H,1H3,(H,9,11). The normalized spacial score (nSPS) is 33.9. The first-order valence-corrected chi connectivity index (χ1v) is 3.67. The second-order valence-electron chi connectivity index (χ2n) is 2.85. The highest BCUT2D eigenvalue weighted by Crippen LogP contribution is 2.16. The Morgan fingerprint density at radius 1 is 1.45 bits per heavy atom. The van der Waals surface area contributed by atoms with E-state index in [4.69, 9.17) is 0 Å². The SMILES string of the molecule is CN1C(=O)NC2C=CC=CC21. The Morgan fingerprint density at radius 2 is 2.18 bits per heavy atom.